The van der Waals surface area contributed by atoms with Crippen LogP contribution < -0.4 is 5.59 Å². The molecule has 0 unspecified atom stereocenters. The van der Waals surface area contributed by atoms with E-state index in [0.29, 0.717) is 0 Å². The maximum Gasteiger partial charge on any atom is 1.01 e. The van der Waals surface area contributed by atoms with Gasteiger partial charge >= 0.3 is 6.98 Å². The fraction of sp³-hybridized carbons (Fsp3) is 0. The van der Waals surface area contributed by atoms with Crippen LogP contribution in [0.15, 0.2) is 12.3 Å². The minimum absolute atomic E-state index is 0.644. The molecule has 0 saturated carbocycles. The van der Waals surface area contributed by atoms with Gasteiger partial charge in [-0.3, -0.25) is 30.3 Å². The topological polar surface area (TPSA) is 145 Å². The number of rotatable bonds is 4. The van der Waals surface area contributed by atoms with Crippen LogP contribution >= 0.6 is 0 Å². The zero-order valence-electron chi connectivity index (χ0n) is 7.02. The van der Waals surface area contributed by atoms with E-state index in [0.717, 1.165) is 12.3 Å². The number of nitrogens with zero attached hydrogens (tertiary/aromatic N) is 3. The van der Waals surface area contributed by atoms with Gasteiger partial charge in [0.05, 0.1) is 4.92 Å². The summed E-state index contributed by atoms with van der Waals surface area (Å²) in [5, 5.41) is 31.0. The molecule has 11 heteroatoms. The van der Waals surface area contributed by atoms with Crippen molar-refractivity contribution >= 4 is 18.3 Å². The van der Waals surface area contributed by atoms with E-state index in [9.17, 15) is 30.3 Å². The van der Waals surface area contributed by atoms with Gasteiger partial charge in [0, 0.05) is 21.9 Å². The lowest BCUT2D eigenvalue weighted by Crippen LogP contribution is -2.47. The van der Waals surface area contributed by atoms with Crippen LogP contribution in [0.25, 0.3) is 0 Å². The fourth-order valence-electron chi connectivity index (χ4n) is 1.03. The van der Waals surface area contributed by atoms with Gasteiger partial charge in [-0.2, -0.15) is 0 Å². The van der Waals surface area contributed by atoms with E-state index in [4.69, 9.17) is 0 Å². The standard InChI is InChI=1S/C4H3BN4O6/c10-7(11)3-1-2-6-4(3)5(8(12)13)9(14)15/h1-2,6H. The Morgan fingerprint density at radius 2 is 1.67 bits per heavy atom. The summed E-state index contributed by atoms with van der Waals surface area (Å²) in [5.74, 6) is 0. The average molecular weight is 214 g/mol. The summed E-state index contributed by atoms with van der Waals surface area (Å²) in [4.78, 5) is 29.8. The molecule has 78 valence electrons. The molecule has 0 saturated heterocycles. The molecule has 15 heavy (non-hydrogen) atoms. The third-order valence-corrected chi connectivity index (χ3v) is 1.61. The Kier molecular flexibility index (Phi) is 2.64. The van der Waals surface area contributed by atoms with Crippen molar-refractivity contribution in [3.8, 4) is 0 Å². The number of aromatic amines is 1. The molecule has 1 N–H and O–H groups in total. The lowest BCUT2D eigenvalue weighted by molar-refractivity contribution is -0.466. The van der Waals surface area contributed by atoms with Gasteiger partial charge in [0.2, 0.25) is 5.59 Å². The number of nitrogens with one attached hydrogen (secondary N) is 1. The van der Waals surface area contributed by atoms with Gasteiger partial charge < -0.3 is 4.98 Å². The number of hydrogen-bond acceptors (Lipinski definition) is 6. The Balaban J connectivity index is 3.23. The monoisotopic (exact) mass is 214 g/mol. The zero-order valence-corrected chi connectivity index (χ0v) is 7.02. The van der Waals surface area contributed by atoms with E-state index in [1.54, 1.807) is 0 Å². The number of aromatic nitrogens is 1. The average Bonchev–Trinajstić information content (AvgIpc) is 2.51. The zero-order chi connectivity index (χ0) is 11.6. The third kappa shape index (κ3) is 1.90. The Morgan fingerprint density at radius 3 is 2.07 bits per heavy atom. The Morgan fingerprint density at radius 1 is 1.13 bits per heavy atom. The summed E-state index contributed by atoms with van der Waals surface area (Å²) in [6.07, 6.45) is 1.04. The highest BCUT2D eigenvalue weighted by molar-refractivity contribution is 6.58. The van der Waals surface area contributed by atoms with E-state index < -0.39 is 32.9 Å². The normalized spacial score (nSPS) is 9.60. The van der Waals surface area contributed by atoms with E-state index in [1.165, 1.54) is 0 Å². The van der Waals surface area contributed by atoms with Crippen LogP contribution in [0.5, 0.6) is 0 Å². The molecular formula is C4H3BN4O6. The summed E-state index contributed by atoms with van der Waals surface area (Å²) >= 11 is 0. The van der Waals surface area contributed by atoms with Crippen LogP contribution in [-0.2, 0) is 0 Å². The van der Waals surface area contributed by atoms with Crippen molar-refractivity contribution in [3.05, 3.63) is 42.6 Å². The number of H-pyrrole nitrogens is 1. The van der Waals surface area contributed by atoms with Crippen molar-refractivity contribution in [2.75, 3.05) is 0 Å². The Hall–Kier alpha value is -2.46. The second-order valence-electron chi connectivity index (χ2n) is 2.48. The molecule has 0 bridgehead atoms. The molecule has 0 fully saturated rings. The minimum atomic E-state index is -2.35. The van der Waals surface area contributed by atoms with Crippen molar-refractivity contribution in [1.29, 1.82) is 0 Å². The maximum atomic E-state index is 10.4. The molecule has 0 atom stereocenters. The fourth-order valence-corrected chi connectivity index (χ4v) is 1.03. The third-order valence-electron chi connectivity index (χ3n) is 1.61. The van der Waals surface area contributed by atoms with E-state index in [1.807, 2.05) is 0 Å². The summed E-state index contributed by atoms with van der Waals surface area (Å²) < 4.78 is 0. The SMILES string of the molecule is O=[N+]([O-])B(c1[nH]ccc1[N+](=O)[O-])[N+](=O)[O-]. The first-order chi connectivity index (χ1) is 6.95. The van der Waals surface area contributed by atoms with Crippen LogP contribution in [0, 0.1) is 30.3 Å². The molecule has 1 heterocycles. The van der Waals surface area contributed by atoms with Crippen LogP contribution in [0.3, 0.4) is 0 Å². The Bertz CT molecular complexity index is 415. The lowest BCUT2D eigenvalue weighted by Gasteiger charge is -1.92. The van der Waals surface area contributed by atoms with Gasteiger partial charge in [-0.05, 0) is 0 Å². The predicted octanol–water partition coefficient (Wildman–Crippen LogP) is -0.829. The van der Waals surface area contributed by atoms with E-state index in [2.05, 4.69) is 4.98 Å². The summed E-state index contributed by atoms with van der Waals surface area (Å²) in [7, 11) is 0. The van der Waals surface area contributed by atoms with E-state index >= 15 is 0 Å². The number of hydrogen-bond donors (Lipinski definition) is 1. The van der Waals surface area contributed by atoms with Crippen LogP contribution in [0.2, 0.25) is 0 Å². The van der Waals surface area contributed by atoms with Gasteiger partial charge in [-0.25, -0.2) is 0 Å². The summed E-state index contributed by atoms with van der Waals surface area (Å²) in [5.41, 5.74) is -1.32. The first-order valence-corrected chi connectivity index (χ1v) is 3.53. The quantitative estimate of drug-likeness (QED) is 0.393. The van der Waals surface area contributed by atoms with Crippen molar-refractivity contribution < 1.29 is 14.6 Å². The van der Waals surface area contributed by atoms with Gasteiger partial charge in [0.25, 0.3) is 5.69 Å². The molecule has 1 aromatic heterocycles. The number of nitro groups is 3. The van der Waals surface area contributed by atoms with Crippen LogP contribution in [0.1, 0.15) is 0 Å². The van der Waals surface area contributed by atoms with Crippen molar-refractivity contribution in [2.45, 2.75) is 0 Å². The van der Waals surface area contributed by atoms with Gasteiger partial charge in [0.15, 0.2) is 0 Å². The van der Waals surface area contributed by atoms with Crippen LogP contribution in [0.4, 0.5) is 5.69 Å². The van der Waals surface area contributed by atoms with Crippen molar-refractivity contribution in [3.63, 3.8) is 0 Å². The molecule has 1 rings (SSSR count). The summed E-state index contributed by atoms with van der Waals surface area (Å²) in [6.45, 7) is -2.35. The molecule has 1 aromatic rings. The molecule has 0 radical (unpaired) electrons. The van der Waals surface area contributed by atoms with Gasteiger partial charge in [0.1, 0.15) is 0 Å². The highest BCUT2D eigenvalue weighted by Gasteiger charge is 2.60. The minimum Gasteiger partial charge on any atom is -0.353 e. The highest BCUT2D eigenvalue weighted by Crippen LogP contribution is 2.07. The first kappa shape index (κ1) is 10.6. The molecule has 0 amide bonds. The maximum absolute atomic E-state index is 10.4. The predicted molar refractivity (Wildman–Crippen MR) is 46.8 cm³/mol. The molecule has 0 spiro atoms. The lowest BCUT2D eigenvalue weighted by atomic mass is 9.74. The highest BCUT2D eigenvalue weighted by atomic mass is 16.7. The molecular weight excluding hydrogens is 211 g/mol. The smallest absolute Gasteiger partial charge is 0.353 e. The van der Waals surface area contributed by atoms with Gasteiger partial charge in [-0.1, -0.05) is 0 Å². The molecule has 0 aromatic carbocycles. The second-order valence-corrected chi connectivity index (χ2v) is 2.48. The molecule has 0 aliphatic carbocycles. The van der Waals surface area contributed by atoms with Crippen LogP contribution in [-0.4, -0.2) is 26.6 Å². The molecule has 0 aliphatic heterocycles. The van der Waals surface area contributed by atoms with Crippen molar-refractivity contribution in [1.82, 2.24) is 4.98 Å². The molecule has 0 aliphatic rings. The summed E-state index contributed by atoms with van der Waals surface area (Å²) in [6, 6.07) is 0.926. The second kappa shape index (κ2) is 3.73. The molecule has 10 nitrogen and oxygen atoms in total. The van der Waals surface area contributed by atoms with Crippen molar-refractivity contribution in [2.24, 2.45) is 0 Å². The van der Waals surface area contributed by atoms with Gasteiger partial charge in [-0.15, -0.1) is 0 Å². The Labute approximate surface area is 81.5 Å². The largest absolute Gasteiger partial charge is 1.01 e. The van der Waals surface area contributed by atoms with E-state index in [-0.39, 0.29) is 0 Å². The first-order valence-electron chi connectivity index (χ1n) is 3.53.